The number of piperidine rings is 1. The van der Waals surface area contributed by atoms with E-state index < -0.39 is 7.60 Å². The summed E-state index contributed by atoms with van der Waals surface area (Å²) in [7, 11) is -2.39. The van der Waals surface area contributed by atoms with E-state index in [0.29, 0.717) is 11.3 Å². The Bertz CT molecular complexity index is 940. The summed E-state index contributed by atoms with van der Waals surface area (Å²) in [5.74, 6) is 0.953. The number of nitrogens with zero attached hydrogens (tertiary/aromatic N) is 3. The Morgan fingerprint density at radius 3 is 2.78 bits per heavy atom. The molecular formula is C19H22N3O4P. The molecule has 2 heterocycles. The number of rotatable bonds is 5. The van der Waals surface area contributed by atoms with Gasteiger partial charge in [-0.05, 0) is 24.8 Å². The van der Waals surface area contributed by atoms with Crippen molar-refractivity contribution < 1.29 is 19.1 Å². The Balaban J connectivity index is 1.83. The first kappa shape index (κ1) is 19.4. The van der Waals surface area contributed by atoms with Gasteiger partial charge in [-0.25, -0.2) is 0 Å². The van der Waals surface area contributed by atoms with Crippen molar-refractivity contribution in [2.45, 2.75) is 12.8 Å². The van der Waals surface area contributed by atoms with E-state index >= 15 is 0 Å². The number of hydrogen-bond donors (Lipinski definition) is 2. The number of allylic oxidation sites excluding steroid dienone is 2. The number of hydrogen-bond acceptors (Lipinski definition) is 5. The standard InChI is InChI=1S/C19H22N3O4P/c1-26-17-6-2-5-16-18(17)21-13-15(12-20)19(16)22-9-7-14(8-10-22)4-3-11-27(23,24)25/h2-6,13-14H,7-11H2,1H3,(H2,23,24,25)/b4-3+. The lowest BCUT2D eigenvalue weighted by molar-refractivity contribution is 0.377. The lowest BCUT2D eigenvalue weighted by Crippen LogP contribution is -2.33. The van der Waals surface area contributed by atoms with Crippen LogP contribution in [0.1, 0.15) is 18.4 Å². The molecule has 2 N–H and O–H groups in total. The summed E-state index contributed by atoms with van der Waals surface area (Å²) in [5.41, 5.74) is 2.14. The number of para-hydroxylation sites is 1. The number of nitriles is 1. The third-order valence-corrected chi connectivity index (χ3v) is 5.47. The maximum absolute atomic E-state index is 10.9. The molecule has 0 unspecified atom stereocenters. The third-order valence-electron chi connectivity index (χ3n) is 4.78. The summed E-state index contributed by atoms with van der Waals surface area (Å²) < 4.78 is 16.3. The SMILES string of the molecule is COc1cccc2c(N3CCC(/C=C/CP(=O)(O)O)CC3)c(C#N)cnc12. The van der Waals surface area contributed by atoms with Gasteiger partial charge >= 0.3 is 7.60 Å². The highest BCUT2D eigenvalue weighted by Gasteiger charge is 2.23. The quantitative estimate of drug-likeness (QED) is 0.600. The molecule has 8 heteroatoms. The monoisotopic (exact) mass is 387 g/mol. The molecule has 142 valence electrons. The van der Waals surface area contributed by atoms with Gasteiger partial charge in [0.15, 0.2) is 0 Å². The van der Waals surface area contributed by atoms with Gasteiger partial charge < -0.3 is 19.4 Å². The molecule has 0 atom stereocenters. The van der Waals surface area contributed by atoms with Crippen LogP contribution < -0.4 is 9.64 Å². The second-order valence-corrected chi connectivity index (χ2v) is 8.28. The third kappa shape index (κ3) is 4.48. The number of ether oxygens (including phenoxy) is 1. The Morgan fingerprint density at radius 1 is 1.41 bits per heavy atom. The van der Waals surface area contributed by atoms with E-state index in [-0.39, 0.29) is 12.1 Å². The average Bonchev–Trinajstić information content (AvgIpc) is 2.66. The van der Waals surface area contributed by atoms with E-state index in [0.717, 1.165) is 42.5 Å². The highest BCUT2D eigenvalue weighted by Crippen LogP contribution is 2.37. The van der Waals surface area contributed by atoms with Crippen LogP contribution in [0.3, 0.4) is 0 Å². The largest absolute Gasteiger partial charge is 0.494 e. The normalized spacial score (nSPS) is 16.0. The molecule has 1 aliphatic heterocycles. The predicted molar refractivity (Wildman–Crippen MR) is 104 cm³/mol. The van der Waals surface area contributed by atoms with E-state index in [1.165, 1.54) is 0 Å². The molecule has 2 aromatic rings. The number of aromatic nitrogens is 1. The minimum Gasteiger partial charge on any atom is -0.494 e. The topological polar surface area (TPSA) is 107 Å². The highest BCUT2D eigenvalue weighted by molar-refractivity contribution is 7.51. The zero-order valence-corrected chi connectivity index (χ0v) is 16.0. The smallest absolute Gasteiger partial charge is 0.329 e. The highest BCUT2D eigenvalue weighted by atomic mass is 31.2. The molecule has 1 aromatic heterocycles. The van der Waals surface area contributed by atoms with Crippen LogP contribution in [0.5, 0.6) is 5.75 Å². The summed E-state index contributed by atoms with van der Waals surface area (Å²) in [6.45, 7) is 1.52. The first-order chi connectivity index (χ1) is 12.9. The molecule has 1 aliphatic rings. The van der Waals surface area contributed by atoms with Crippen molar-refractivity contribution in [1.82, 2.24) is 4.98 Å². The van der Waals surface area contributed by atoms with Crippen molar-refractivity contribution >= 4 is 24.2 Å². The van der Waals surface area contributed by atoms with Crippen molar-refractivity contribution in [2.24, 2.45) is 5.92 Å². The Hall–Kier alpha value is -2.39. The number of fused-ring (bicyclic) bond motifs is 1. The lowest BCUT2D eigenvalue weighted by atomic mass is 9.95. The fourth-order valence-corrected chi connectivity index (χ4v) is 3.87. The van der Waals surface area contributed by atoms with Gasteiger partial charge in [-0.3, -0.25) is 9.55 Å². The maximum Gasteiger partial charge on any atom is 0.329 e. The summed E-state index contributed by atoms with van der Waals surface area (Å²) >= 11 is 0. The van der Waals surface area contributed by atoms with Gasteiger partial charge in [0, 0.05) is 24.7 Å². The van der Waals surface area contributed by atoms with Crippen molar-refractivity contribution in [2.75, 3.05) is 31.3 Å². The summed E-state index contributed by atoms with van der Waals surface area (Å²) in [6, 6.07) is 7.93. The van der Waals surface area contributed by atoms with Crippen LogP contribution >= 0.6 is 7.60 Å². The second-order valence-electron chi connectivity index (χ2n) is 6.59. The van der Waals surface area contributed by atoms with E-state index in [4.69, 9.17) is 14.5 Å². The minimum atomic E-state index is -3.99. The van der Waals surface area contributed by atoms with Gasteiger partial charge in [0.2, 0.25) is 0 Å². The summed E-state index contributed by atoms with van der Waals surface area (Å²) in [6.07, 6.45) is 6.56. The van der Waals surface area contributed by atoms with Crippen LogP contribution in [-0.4, -0.2) is 41.1 Å². The number of methoxy groups -OCH3 is 1. The van der Waals surface area contributed by atoms with Gasteiger partial charge in [0.1, 0.15) is 17.3 Å². The molecule has 0 aliphatic carbocycles. The molecular weight excluding hydrogens is 365 g/mol. The van der Waals surface area contributed by atoms with Crippen molar-refractivity contribution in [1.29, 1.82) is 5.26 Å². The molecule has 1 fully saturated rings. The van der Waals surface area contributed by atoms with E-state index in [1.54, 1.807) is 19.4 Å². The molecule has 7 nitrogen and oxygen atoms in total. The van der Waals surface area contributed by atoms with Crippen LogP contribution in [0.2, 0.25) is 0 Å². The molecule has 3 rings (SSSR count). The van der Waals surface area contributed by atoms with E-state index in [1.807, 2.05) is 24.3 Å². The van der Waals surface area contributed by atoms with Crippen LogP contribution in [0, 0.1) is 17.2 Å². The van der Waals surface area contributed by atoms with Gasteiger partial charge in [0.05, 0.1) is 24.5 Å². The first-order valence-electron chi connectivity index (χ1n) is 8.75. The average molecular weight is 387 g/mol. The summed E-state index contributed by atoms with van der Waals surface area (Å²) in [5, 5.41) is 10.4. The molecule has 0 bridgehead atoms. The molecule has 0 spiro atoms. The second kappa shape index (κ2) is 8.10. The molecule has 0 radical (unpaired) electrons. The number of benzene rings is 1. The molecule has 27 heavy (non-hydrogen) atoms. The fourth-order valence-electron chi connectivity index (χ4n) is 3.48. The summed E-state index contributed by atoms with van der Waals surface area (Å²) in [4.78, 5) is 24.5. The minimum absolute atomic E-state index is 0.222. The van der Waals surface area contributed by atoms with Crippen LogP contribution in [-0.2, 0) is 4.57 Å². The number of pyridine rings is 1. The van der Waals surface area contributed by atoms with Gasteiger partial charge in [0.25, 0.3) is 0 Å². The molecule has 1 saturated heterocycles. The van der Waals surface area contributed by atoms with Gasteiger partial charge in [-0.2, -0.15) is 5.26 Å². The zero-order valence-electron chi connectivity index (χ0n) is 15.1. The fraction of sp³-hybridized carbons (Fsp3) is 0.368. The molecule has 0 amide bonds. The molecule has 1 aromatic carbocycles. The maximum atomic E-state index is 10.9. The lowest BCUT2D eigenvalue weighted by Gasteiger charge is -2.33. The van der Waals surface area contributed by atoms with E-state index in [2.05, 4.69) is 16.0 Å². The van der Waals surface area contributed by atoms with Crippen LogP contribution in [0.25, 0.3) is 10.9 Å². The Labute approximate surface area is 158 Å². The predicted octanol–water partition coefficient (Wildman–Crippen LogP) is 3.07. The first-order valence-corrected chi connectivity index (χ1v) is 10.5. The van der Waals surface area contributed by atoms with Crippen molar-refractivity contribution in [3.05, 3.63) is 42.1 Å². The van der Waals surface area contributed by atoms with Crippen LogP contribution in [0.4, 0.5) is 5.69 Å². The van der Waals surface area contributed by atoms with Gasteiger partial charge in [-0.1, -0.05) is 24.3 Å². The van der Waals surface area contributed by atoms with E-state index in [9.17, 15) is 9.83 Å². The Morgan fingerprint density at radius 2 is 2.15 bits per heavy atom. The molecule has 0 saturated carbocycles. The van der Waals surface area contributed by atoms with Crippen molar-refractivity contribution in [3.8, 4) is 11.8 Å². The van der Waals surface area contributed by atoms with Gasteiger partial charge in [-0.15, -0.1) is 0 Å². The Kier molecular flexibility index (Phi) is 5.81. The van der Waals surface area contributed by atoms with Crippen molar-refractivity contribution in [3.63, 3.8) is 0 Å². The zero-order chi connectivity index (χ0) is 19.4. The van der Waals surface area contributed by atoms with Crippen LogP contribution in [0.15, 0.2) is 36.5 Å². The number of anilines is 1.